The van der Waals surface area contributed by atoms with E-state index in [1.807, 2.05) is 0 Å². The number of anilines is 2. The quantitative estimate of drug-likeness (QED) is 0.611. The normalized spacial score (nSPS) is 12.0. The smallest absolute Gasteiger partial charge is 0.271 e. The fourth-order valence-electron chi connectivity index (χ4n) is 1.91. The van der Waals surface area contributed by atoms with Gasteiger partial charge in [-0.1, -0.05) is 23.7 Å². The maximum absolute atomic E-state index is 12.4. The third kappa shape index (κ3) is 4.15. The monoisotopic (exact) mass is 434 g/mol. The molecule has 0 bridgehead atoms. The average Bonchev–Trinajstić information content (AvgIpc) is 3.23. The van der Waals surface area contributed by atoms with Crippen LogP contribution >= 0.6 is 34.3 Å². The minimum atomic E-state index is -3.84. The standard InChI is InChI=1S/C14H11ClN2O4S4/c15-10-5-6-11(16-24(18,19)13-3-1-7-22-13)12(9-10)17-25(20,21)14-4-2-8-23-14/h1-9,16-17H. The van der Waals surface area contributed by atoms with Crippen molar-refractivity contribution in [3.8, 4) is 0 Å². The van der Waals surface area contributed by atoms with Crippen molar-refractivity contribution >= 4 is 65.7 Å². The molecule has 0 aliphatic carbocycles. The Morgan fingerprint density at radius 1 is 0.760 bits per heavy atom. The highest BCUT2D eigenvalue weighted by molar-refractivity contribution is 7.95. The molecule has 0 spiro atoms. The zero-order valence-corrected chi connectivity index (χ0v) is 16.4. The summed E-state index contributed by atoms with van der Waals surface area (Å²) in [5.41, 5.74) is 0.124. The second kappa shape index (κ2) is 6.96. The van der Waals surface area contributed by atoms with E-state index in [9.17, 15) is 16.8 Å². The van der Waals surface area contributed by atoms with Crippen LogP contribution in [-0.2, 0) is 20.0 Å². The van der Waals surface area contributed by atoms with E-state index in [0.29, 0.717) is 0 Å². The van der Waals surface area contributed by atoms with E-state index in [1.54, 1.807) is 22.9 Å². The molecule has 0 aliphatic rings. The Morgan fingerprint density at radius 3 is 1.76 bits per heavy atom. The molecule has 2 heterocycles. The summed E-state index contributed by atoms with van der Waals surface area (Å²) in [5.74, 6) is 0. The summed E-state index contributed by atoms with van der Waals surface area (Å²) >= 11 is 8.04. The van der Waals surface area contributed by atoms with E-state index in [1.165, 1.54) is 30.3 Å². The summed E-state index contributed by atoms with van der Waals surface area (Å²) < 4.78 is 54.6. The molecule has 1 aromatic carbocycles. The summed E-state index contributed by atoms with van der Waals surface area (Å²) in [4.78, 5) is 0. The Balaban J connectivity index is 1.97. The van der Waals surface area contributed by atoms with E-state index in [4.69, 9.17) is 11.6 Å². The predicted molar refractivity (Wildman–Crippen MR) is 102 cm³/mol. The molecule has 3 aromatic rings. The van der Waals surface area contributed by atoms with Gasteiger partial charge < -0.3 is 0 Å². The maximum Gasteiger partial charge on any atom is 0.271 e. The molecule has 0 radical (unpaired) electrons. The van der Waals surface area contributed by atoms with Gasteiger partial charge in [0.05, 0.1) is 11.4 Å². The molecular formula is C14H11ClN2O4S4. The molecule has 0 fully saturated rings. The van der Waals surface area contributed by atoms with Crippen LogP contribution in [0.3, 0.4) is 0 Å². The maximum atomic E-state index is 12.4. The SMILES string of the molecule is O=S(=O)(Nc1ccc(Cl)cc1NS(=O)(=O)c1cccs1)c1cccs1. The molecule has 11 heteroatoms. The van der Waals surface area contributed by atoms with Crippen LogP contribution in [-0.4, -0.2) is 16.8 Å². The number of benzene rings is 1. The number of rotatable bonds is 6. The highest BCUT2D eigenvalue weighted by Crippen LogP contribution is 2.31. The lowest BCUT2D eigenvalue weighted by Crippen LogP contribution is -2.16. The molecule has 0 amide bonds. The van der Waals surface area contributed by atoms with Crippen LogP contribution in [0.2, 0.25) is 5.02 Å². The van der Waals surface area contributed by atoms with Gasteiger partial charge in [0.25, 0.3) is 20.0 Å². The molecule has 0 aliphatic heterocycles. The summed E-state index contributed by atoms with van der Waals surface area (Å²) in [5, 5.41) is 3.53. The van der Waals surface area contributed by atoms with E-state index in [0.717, 1.165) is 22.7 Å². The summed E-state index contributed by atoms with van der Waals surface area (Å²) in [6.45, 7) is 0. The molecule has 0 saturated carbocycles. The van der Waals surface area contributed by atoms with Gasteiger partial charge in [-0.3, -0.25) is 9.44 Å². The van der Waals surface area contributed by atoms with Crippen molar-refractivity contribution in [2.45, 2.75) is 8.42 Å². The second-order valence-corrected chi connectivity index (χ2v) is 10.9. The predicted octanol–water partition coefficient (Wildman–Crippen LogP) is 4.06. The van der Waals surface area contributed by atoms with Gasteiger partial charge in [0.2, 0.25) is 0 Å². The first-order valence-corrected chi connectivity index (χ1v) is 11.8. The lowest BCUT2D eigenvalue weighted by Gasteiger charge is -2.14. The van der Waals surface area contributed by atoms with E-state index < -0.39 is 20.0 Å². The van der Waals surface area contributed by atoms with Crippen LogP contribution in [0.25, 0.3) is 0 Å². The van der Waals surface area contributed by atoms with Gasteiger partial charge in [0.1, 0.15) is 8.42 Å². The summed E-state index contributed by atoms with van der Waals surface area (Å²) in [6.07, 6.45) is 0. The highest BCUT2D eigenvalue weighted by atomic mass is 35.5. The molecule has 132 valence electrons. The van der Waals surface area contributed by atoms with Gasteiger partial charge in [-0.25, -0.2) is 16.8 Å². The third-order valence-corrected chi connectivity index (χ3v) is 8.75. The van der Waals surface area contributed by atoms with E-state index in [-0.39, 0.29) is 24.8 Å². The van der Waals surface area contributed by atoms with Crippen molar-refractivity contribution in [1.29, 1.82) is 0 Å². The largest absolute Gasteiger partial charge is 0.277 e. The number of hydrogen-bond donors (Lipinski definition) is 2. The lowest BCUT2D eigenvalue weighted by atomic mass is 10.3. The number of sulfonamides is 2. The third-order valence-electron chi connectivity index (χ3n) is 2.99. The second-order valence-electron chi connectivity index (χ2n) is 4.77. The molecule has 6 nitrogen and oxygen atoms in total. The van der Waals surface area contributed by atoms with E-state index in [2.05, 4.69) is 9.44 Å². The number of hydrogen-bond acceptors (Lipinski definition) is 6. The number of thiophene rings is 2. The zero-order valence-electron chi connectivity index (χ0n) is 12.3. The van der Waals surface area contributed by atoms with Gasteiger partial charge >= 0.3 is 0 Å². The minimum absolute atomic E-state index is 0.0426. The van der Waals surface area contributed by atoms with Gasteiger partial charge in [-0.2, -0.15) is 0 Å². The number of nitrogens with one attached hydrogen (secondary N) is 2. The first-order valence-electron chi connectivity index (χ1n) is 6.70. The molecule has 0 saturated heterocycles. The van der Waals surface area contributed by atoms with Crippen molar-refractivity contribution in [2.75, 3.05) is 9.44 Å². The molecule has 2 aromatic heterocycles. The topological polar surface area (TPSA) is 92.3 Å². The Hall–Kier alpha value is -1.59. The van der Waals surface area contributed by atoms with Crippen molar-refractivity contribution in [2.24, 2.45) is 0 Å². The van der Waals surface area contributed by atoms with Gasteiger partial charge in [-0.05, 0) is 41.1 Å². The first kappa shape index (κ1) is 18.2. The van der Waals surface area contributed by atoms with Crippen LogP contribution in [0.15, 0.2) is 61.6 Å². The van der Waals surface area contributed by atoms with Crippen LogP contribution < -0.4 is 9.44 Å². The van der Waals surface area contributed by atoms with Crippen molar-refractivity contribution in [1.82, 2.24) is 0 Å². The van der Waals surface area contributed by atoms with Gasteiger partial charge in [0.15, 0.2) is 0 Å². The highest BCUT2D eigenvalue weighted by Gasteiger charge is 2.21. The minimum Gasteiger partial charge on any atom is -0.277 e. The molecular weight excluding hydrogens is 424 g/mol. The fourth-order valence-corrected chi connectivity index (χ4v) is 6.22. The van der Waals surface area contributed by atoms with Crippen molar-refractivity contribution in [3.63, 3.8) is 0 Å². The molecule has 25 heavy (non-hydrogen) atoms. The Labute approximate surface area is 158 Å². The Kier molecular flexibility index (Phi) is 5.07. The van der Waals surface area contributed by atoms with Crippen LogP contribution in [0.4, 0.5) is 11.4 Å². The fraction of sp³-hybridized carbons (Fsp3) is 0. The first-order chi connectivity index (χ1) is 11.8. The van der Waals surface area contributed by atoms with Crippen molar-refractivity contribution < 1.29 is 16.8 Å². The molecule has 3 rings (SSSR count). The average molecular weight is 435 g/mol. The van der Waals surface area contributed by atoms with E-state index >= 15 is 0 Å². The van der Waals surface area contributed by atoms with Crippen LogP contribution in [0.5, 0.6) is 0 Å². The zero-order chi connectivity index (χ0) is 18.1. The molecule has 0 atom stereocenters. The molecule has 2 N–H and O–H groups in total. The van der Waals surface area contributed by atoms with Crippen LogP contribution in [0.1, 0.15) is 0 Å². The Morgan fingerprint density at radius 2 is 1.28 bits per heavy atom. The van der Waals surface area contributed by atoms with Gasteiger partial charge in [0, 0.05) is 5.02 Å². The number of halogens is 1. The van der Waals surface area contributed by atoms with Crippen LogP contribution in [0, 0.1) is 0 Å². The summed E-state index contributed by atoms with van der Waals surface area (Å²) in [7, 11) is -7.66. The van der Waals surface area contributed by atoms with Crippen molar-refractivity contribution in [3.05, 3.63) is 58.2 Å². The Bertz CT molecular complexity index is 1080. The van der Waals surface area contributed by atoms with Gasteiger partial charge in [-0.15, -0.1) is 22.7 Å². The lowest BCUT2D eigenvalue weighted by molar-refractivity contribution is 0.601. The summed E-state index contributed by atoms with van der Waals surface area (Å²) in [6, 6.07) is 10.3. The molecule has 0 unspecified atom stereocenters.